The molecule has 0 aliphatic heterocycles. The number of aromatic nitrogens is 1. The normalized spacial score (nSPS) is 11.0. The number of carbonyl (C=O) groups excluding carboxylic acids is 1. The minimum Gasteiger partial charge on any atom is -0.486 e. The Kier molecular flexibility index (Phi) is 4.81. The molecule has 1 heterocycles. The summed E-state index contributed by atoms with van der Waals surface area (Å²) in [5.41, 5.74) is 8.32. The van der Waals surface area contributed by atoms with Crippen LogP contribution in [0, 0.1) is 5.82 Å². The number of pyridine rings is 1. The molecule has 6 nitrogen and oxygen atoms in total. The van der Waals surface area contributed by atoms with Gasteiger partial charge < -0.3 is 10.5 Å². The molecule has 0 aliphatic carbocycles. The van der Waals surface area contributed by atoms with Crippen molar-refractivity contribution in [2.75, 3.05) is 6.61 Å². The molecule has 2 rings (SSSR count). The minimum atomic E-state index is -0.401. The number of amidine groups is 1. The van der Waals surface area contributed by atoms with Gasteiger partial charge in [-0.2, -0.15) is 5.10 Å². The number of ether oxygens (including phenoxy) is 1. The van der Waals surface area contributed by atoms with Gasteiger partial charge in [-0.15, -0.1) is 0 Å². The monoisotopic (exact) mass is 288 g/mol. The van der Waals surface area contributed by atoms with Gasteiger partial charge in [-0.05, 0) is 36.4 Å². The van der Waals surface area contributed by atoms with Gasteiger partial charge >= 0.3 is 0 Å². The molecule has 0 unspecified atom stereocenters. The van der Waals surface area contributed by atoms with E-state index in [1.807, 2.05) is 0 Å². The van der Waals surface area contributed by atoms with Crippen LogP contribution in [0.1, 0.15) is 10.4 Å². The van der Waals surface area contributed by atoms with Crippen molar-refractivity contribution in [1.82, 2.24) is 10.4 Å². The van der Waals surface area contributed by atoms with Crippen LogP contribution in [0.5, 0.6) is 5.75 Å². The Bertz CT molecular complexity index is 629. The molecule has 1 aromatic carbocycles. The van der Waals surface area contributed by atoms with Crippen LogP contribution in [0.15, 0.2) is 53.9 Å². The maximum absolute atomic E-state index is 12.7. The number of benzene rings is 1. The van der Waals surface area contributed by atoms with Gasteiger partial charge in [0.1, 0.15) is 18.2 Å². The van der Waals surface area contributed by atoms with E-state index >= 15 is 0 Å². The summed E-state index contributed by atoms with van der Waals surface area (Å²) in [7, 11) is 0. The van der Waals surface area contributed by atoms with Crippen LogP contribution in [0.25, 0.3) is 0 Å². The fourth-order valence-electron chi connectivity index (χ4n) is 1.41. The Morgan fingerprint density at radius 1 is 1.24 bits per heavy atom. The van der Waals surface area contributed by atoms with Crippen LogP contribution in [0.3, 0.4) is 0 Å². The summed E-state index contributed by atoms with van der Waals surface area (Å²) in [6, 6.07) is 8.59. The van der Waals surface area contributed by atoms with Crippen molar-refractivity contribution in [2.45, 2.75) is 0 Å². The third-order valence-corrected chi connectivity index (χ3v) is 2.44. The smallest absolute Gasteiger partial charge is 0.271 e. The van der Waals surface area contributed by atoms with E-state index in [4.69, 9.17) is 10.5 Å². The molecule has 3 N–H and O–H groups in total. The van der Waals surface area contributed by atoms with Gasteiger partial charge in [0.2, 0.25) is 0 Å². The summed E-state index contributed by atoms with van der Waals surface area (Å²) < 4.78 is 18.0. The predicted molar refractivity (Wildman–Crippen MR) is 75.2 cm³/mol. The zero-order valence-corrected chi connectivity index (χ0v) is 11.0. The first-order chi connectivity index (χ1) is 10.1. The average molecular weight is 288 g/mol. The Balaban J connectivity index is 1.84. The number of nitrogens with zero attached hydrogens (tertiary/aromatic N) is 2. The molecule has 0 aliphatic rings. The molecule has 1 amide bonds. The molecule has 0 spiro atoms. The average Bonchev–Trinajstić information content (AvgIpc) is 2.53. The first-order valence-electron chi connectivity index (χ1n) is 6.06. The summed E-state index contributed by atoms with van der Waals surface area (Å²) >= 11 is 0. The van der Waals surface area contributed by atoms with E-state index < -0.39 is 5.91 Å². The fraction of sp³-hybridized carbons (Fsp3) is 0.0714. The predicted octanol–water partition coefficient (Wildman–Crippen LogP) is 1.30. The first-order valence-corrected chi connectivity index (χ1v) is 6.06. The van der Waals surface area contributed by atoms with Crippen LogP contribution in [-0.4, -0.2) is 23.3 Å². The van der Waals surface area contributed by atoms with Gasteiger partial charge in [-0.3, -0.25) is 9.78 Å². The lowest BCUT2D eigenvalue weighted by molar-refractivity contribution is 0.0954. The Morgan fingerprint density at radius 2 is 1.90 bits per heavy atom. The van der Waals surface area contributed by atoms with Crippen LogP contribution >= 0.6 is 0 Å². The lowest BCUT2D eigenvalue weighted by Gasteiger charge is -2.06. The summed E-state index contributed by atoms with van der Waals surface area (Å²) in [6.07, 6.45) is 3.00. The van der Waals surface area contributed by atoms with Crippen molar-refractivity contribution >= 4 is 11.7 Å². The molecule has 0 saturated carbocycles. The van der Waals surface area contributed by atoms with Gasteiger partial charge in [-0.25, -0.2) is 9.82 Å². The molecule has 108 valence electrons. The Labute approximate surface area is 120 Å². The second-order valence-corrected chi connectivity index (χ2v) is 4.02. The number of amides is 1. The summed E-state index contributed by atoms with van der Waals surface area (Å²) in [5, 5.41) is 3.71. The lowest BCUT2D eigenvalue weighted by Crippen LogP contribution is -2.27. The number of nitrogens with two attached hydrogens (primary N) is 1. The van der Waals surface area contributed by atoms with Crippen molar-refractivity contribution in [3.05, 3.63) is 60.2 Å². The number of rotatable bonds is 5. The highest BCUT2D eigenvalue weighted by Gasteiger charge is 2.03. The van der Waals surface area contributed by atoms with Crippen molar-refractivity contribution < 1.29 is 13.9 Å². The molecule has 0 radical (unpaired) electrons. The third-order valence-electron chi connectivity index (χ3n) is 2.44. The van der Waals surface area contributed by atoms with E-state index in [-0.39, 0.29) is 18.3 Å². The molecule has 2 aromatic rings. The number of hydrogen-bond donors (Lipinski definition) is 2. The van der Waals surface area contributed by atoms with Crippen molar-refractivity contribution in [2.24, 2.45) is 10.8 Å². The van der Waals surface area contributed by atoms with E-state index in [0.717, 1.165) is 0 Å². The highest BCUT2D eigenvalue weighted by atomic mass is 19.1. The van der Waals surface area contributed by atoms with Gasteiger partial charge in [0, 0.05) is 18.0 Å². The van der Waals surface area contributed by atoms with Crippen LogP contribution in [0.2, 0.25) is 0 Å². The molecule has 0 saturated heterocycles. The first kappa shape index (κ1) is 14.4. The fourth-order valence-corrected chi connectivity index (χ4v) is 1.41. The molecule has 7 heteroatoms. The van der Waals surface area contributed by atoms with Gasteiger partial charge in [-0.1, -0.05) is 0 Å². The number of nitrogens with one attached hydrogen (secondary N) is 1. The second kappa shape index (κ2) is 6.99. The maximum Gasteiger partial charge on any atom is 0.271 e. The van der Waals surface area contributed by atoms with Gasteiger partial charge in [0.05, 0.1) is 0 Å². The summed E-state index contributed by atoms with van der Waals surface area (Å²) in [5.74, 6) is -0.215. The second-order valence-electron chi connectivity index (χ2n) is 4.02. The zero-order valence-electron chi connectivity index (χ0n) is 11.0. The summed E-state index contributed by atoms with van der Waals surface area (Å²) in [6.45, 7) is -0.0255. The highest BCUT2D eigenvalue weighted by molar-refractivity contribution is 5.95. The van der Waals surface area contributed by atoms with E-state index in [2.05, 4.69) is 15.5 Å². The number of carbonyl (C=O) groups is 1. The minimum absolute atomic E-state index is 0.0255. The molecule has 1 aromatic heterocycles. The SMILES string of the molecule is N/C(COc1ccc(F)cc1)=N/NC(=O)c1ccncc1. The molecule has 21 heavy (non-hydrogen) atoms. The van der Waals surface area contributed by atoms with Crippen LogP contribution in [0.4, 0.5) is 4.39 Å². The quantitative estimate of drug-likeness (QED) is 0.493. The van der Waals surface area contributed by atoms with Gasteiger partial charge in [0.25, 0.3) is 5.91 Å². The lowest BCUT2D eigenvalue weighted by atomic mass is 10.3. The molecule has 0 fully saturated rings. The van der Waals surface area contributed by atoms with E-state index in [0.29, 0.717) is 11.3 Å². The zero-order chi connectivity index (χ0) is 15.1. The van der Waals surface area contributed by atoms with E-state index in [1.165, 1.54) is 36.7 Å². The van der Waals surface area contributed by atoms with Crippen LogP contribution in [-0.2, 0) is 0 Å². The molecule has 0 bridgehead atoms. The Hall–Kier alpha value is -2.96. The van der Waals surface area contributed by atoms with Gasteiger partial charge in [0.15, 0.2) is 5.84 Å². The number of halogens is 1. The molecule has 0 atom stereocenters. The van der Waals surface area contributed by atoms with Crippen molar-refractivity contribution in [3.63, 3.8) is 0 Å². The van der Waals surface area contributed by atoms with Crippen molar-refractivity contribution in [1.29, 1.82) is 0 Å². The number of hydrazone groups is 1. The van der Waals surface area contributed by atoms with Crippen LogP contribution < -0.4 is 15.9 Å². The van der Waals surface area contributed by atoms with E-state index in [1.54, 1.807) is 12.1 Å². The number of hydrogen-bond acceptors (Lipinski definition) is 4. The third kappa shape index (κ3) is 4.57. The topological polar surface area (TPSA) is 89.6 Å². The summed E-state index contributed by atoms with van der Waals surface area (Å²) in [4.78, 5) is 15.5. The van der Waals surface area contributed by atoms with E-state index in [9.17, 15) is 9.18 Å². The molecular formula is C14H13FN4O2. The van der Waals surface area contributed by atoms with Crippen molar-refractivity contribution in [3.8, 4) is 5.75 Å². The Morgan fingerprint density at radius 3 is 2.57 bits per heavy atom. The molecular weight excluding hydrogens is 275 g/mol. The largest absolute Gasteiger partial charge is 0.486 e. The standard InChI is InChI=1S/C14H13FN4O2/c15-11-1-3-12(4-2-11)21-9-13(16)18-19-14(20)10-5-7-17-8-6-10/h1-8H,9H2,(H2,16,18)(H,19,20). The maximum atomic E-state index is 12.7. The highest BCUT2D eigenvalue weighted by Crippen LogP contribution is 2.10.